The first-order chi connectivity index (χ1) is 6.67. The number of aryl methyl sites for hydroxylation is 1. The molecule has 0 aliphatic heterocycles. The van der Waals surface area contributed by atoms with Gasteiger partial charge < -0.3 is 14.2 Å². The quantitative estimate of drug-likeness (QED) is 0.680. The highest BCUT2D eigenvalue weighted by Crippen LogP contribution is 2.24. The van der Waals surface area contributed by atoms with Crippen molar-refractivity contribution >= 4 is 6.16 Å². The minimum atomic E-state index is -0.765. The molecule has 6 nitrogen and oxygen atoms in total. The first-order valence-electron chi connectivity index (χ1n) is 4.09. The highest BCUT2D eigenvalue weighted by atomic mass is 16.7. The van der Waals surface area contributed by atoms with Crippen molar-refractivity contribution < 1.29 is 19.0 Å². The smallest absolute Gasteiger partial charge is 0.477 e. The van der Waals surface area contributed by atoms with Crippen LogP contribution in [0.1, 0.15) is 6.92 Å². The van der Waals surface area contributed by atoms with Gasteiger partial charge in [0.05, 0.1) is 19.9 Å². The Hall–Kier alpha value is -1.72. The summed E-state index contributed by atoms with van der Waals surface area (Å²) in [6.07, 6.45) is 0.759. The molecule has 1 heterocycles. The van der Waals surface area contributed by atoms with E-state index in [-0.39, 0.29) is 18.2 Å². The Morgan fingerprint density at radius 1 is 1.64 bits per heavy atom. The van der Waals surface area contributed by atoms with Crippen molar-refractivity contribution in [1.29, 1.82) is 0 Å². The molecule has 0 aliphatic rings. The van der Waals surface area contributed by atoms with Crippen LogP contribution in [0.2, 0.25) is 0 Å². The van der Waals surface area contributed by atoms with E-state index in [1.165, 1.54) is 18.0 Å². The highest BCUT2D eigenvalue weighted by molar-refractivity contribution is 5.64. The summed E-state index contributed by atoms with van der Waals surface area (Å²) in [5.41, 5.74) is 0. The molecule has 0 fully saturated rings. The Morgan fingerprint density at radius 3 is 2.93 bits per heavy atom. The number of carbonyl (C=O) groups is 1. The number of aromatic nitrogens is 2. The molecule has 78 valence electrons. The van der Waals surface area contributed by atoms with Gasteiger partial charge in [-0.2, -0.15) is 0 Å². The molecule has 0 radical (unpaired) electrons. The Balaban J connectivity index is 2.70. The van der Waals surface area contributed by atoms with Crippen LogP contribution in [0, 0.1) is 0 Å². The fraction of sp³-hybridized carbons (Fsp3) is 0.500. The van der Waals surface area contributed by atoms with Gasteiger partial charge in [0.25, 0.3) is 5.88 Å². The Morgan fingerprint density at radius 2 is 2.36 bits per heavy atom. The zero-order valence-electron chi connectivity index (χ0n) is 8.31. The summed E-state index contributed by atoms with van der Waals surface area (Å²) in [5.74, 6) is 0.494. The minimum Gasteiger partial charge on any atom is -0.477 e. The summed E-state index contributed by atoms with van der Waals surface area (Å²) in [5, 5.41) is 3.90. The van der Waals surface area contributed by atoms with Gasteiger partial charge in [-0.1, -0.05) is 0 Å². The van der Waals surface area contributed by atoms with E-state index >= 15 is 0 Å². The molecule has 0 spiro atoms. The van der Waals surface area contributed by atoms with Crippen LogP contribution in [0.5, 0.6) is 11.6 Å². The lowest BCUT2D eigenvalue weighted by molar-refractivity contribution is 0.103. The van der Waals surface area contributed by atoms with Crippen molar-refractivity contribution in [2.24, 2.45) is 7.05 Å². The molecule has 0 bridgehead atoms. The summed E-state index contributed by atoms with van der Waals surface area (Å²) in [6.45, 7) is 1.96. The standard InChI is InChI=1S/C8H12N2O4/c1-4-13-8(11)14-6-5-10(2)9-7(6)12-3/h5H,4H2,1-3H3. The maximum absolute atomic E-state index is 11.0. The second-order valence-corrected chi connectivity index (χ2v) is 2.46. The topological polar surface area (TPSA) is 62.6 Å². The third-order valence-electron chi connectivity index (χ3n) is 1.41. The number of methoxy groups -OCH3 is 1. The molecular weight excluding hydrogens is 188 g/mol. The van der Waals surface area contributed by atoms with Gasteiger partial charge in [-0.05, 0) is 6.92 Å². The van der Waals surface area contributed by atoms with Gasteiger partial charge in [-0.25, -0.2) is 4.79 Å². The highest BCUT2D eigenvalue weighted by Gasteiger charge is 2.13. The fourth-order valence-electron chi connectivity index (χ4n) is 0.895. The molecule has 0 saturated heterocycles. The van der Waals surface area contributed by atoms with Gasteiger partial charge in [0.15, 0.2) is 0 Å². The predicted octanol–water partition coefficient (Wildman–Crippen LogP) is 0.964. The van der Waals surface area contributed by atoms with Crippen LogP contribution in [0.3, 0.4) is 0 Å². The van der Waals surface area contributed by atoms with Crippen LogP contribution in [-0.2, 0) is 11.8 Å². The third-order valence-corrected chi connectivity index (χ3v) is 1.41. The van der Waals surface area contributed by atoms with E-state index in [0.717, 1.165) is 0 Å². The monoisotopic (exact) mass is 200 g/mol. The van der Waals surface area contributed by atoms with Crippen molar-refractivity contribution in [3.05, 3.63) is 6.20 Å². The molecule has 1 rings (SSSR count). The summed E-state index contributed by atoms with van der Waals surface area (Å²) >= 11 is 0. The maximum atomic E-state index is 11.0. The number of hydrogen-bond acceptors (Lipinski definition) is 5. The third kappa shape index (κ3) is 2.38. The lowest BCUT2D eigenvalue weighted by atomic mass is 10.6. The summed E-state index contributed by atoms with van der Waals surface area (Å²) < 4.78 is 15.8. The Kier molecular flexibility index (Phi) is 3.33. The van der Waals surface area contributed by atoms with Gasteiger partial charge in [-0.3, -0.25) is 4.68 Å². The van der Waals surface area contributed by atoms with Crippen LogP contribution >= 0.6 is 0 Å². The normalized spacial score (nSPS) is 9.64. The van der Waals surface area contributed by atoms with Crippen molar-refractivity contribution in [2.45, 2.75) is 6.92 Å². The first-order valence-corrected chi connectivity index (χ1v) is 4.09. The van der Waals surface area contributed by atoms with Crippen molar-refractivity contribution in [1.82, 2.24) is 9.78 Å². The van der Waals surface area contributed by atoms with E-state index in [2.05, 4.69) is 9.84 Å². The van der Waals surface area contributed by atoms with Crippen molar-refractivity contribution in [2.75, 3.05) is 13.7 Å². The van der Waals surface area contributed by atoms with Crippen LogP contribution in [0.4, 0.5) is 4.79 Å². The Labute approximate surface area is 81.4 Å². The molecule has 6 heteroatoms. The van der Waals surface area contributed by atoms with E-state index in [9.17, 15) is 4.79 Å². The summed E-state index contributed by atoms with van der Waals surface area (Å²) in [6, 6.07) is 0. The SMILES string of the molecule is CCOC(=O)Oc1cn(C)nc1OC. The lowest BCUT2D eigenvalue weighted by Gasteiger charge is -2.02. The van der Waals surface area contributed by atoms with Gasteiger partial charge in [0.1, 0.15) is 0 Å². The number of rotatable bonds is 3. The number of nitrogens with zero attached hydrogens (tertiary/aromatic N) is 2. The van der Waals surface area contributed by atoms with E-state index in [1.54, 1.807) is 14.0 Å². The second-order valence-electron chi connectivity index (χ2n) is 2.46. The molecular formula is C8H12N2O4. The van der Waals surface area contributed by atoms with Gasteiger partial charge in [0, 0.05) is 7.05 Å². The van der Waals surface area contributed by atoms with Crippen LogP contribution in [-0.4, -0.2) is 29.7 Å². The van der Waals surface area contributed by atoms with E-state index < -0.39 is 6.16 Å². The van der Waals surface area contributed by atoms with Crippen molar-refractivity contribution in [3.8, 4) is 11.6 Å². The van der Waals surface area contributed by atoms with Crippen molar-refractivity contribution in [3.63, 3.8) is 0 Å². The molecule has 0 amide bonds. The number of ether oxygens (including phenoxy) is 3. The molecule has 0 atom stereocenters. The van der Waals surface area contributed by atoms with Gasteiger partial charge >= 0.3 is 6.16 Å². The number of hydrogen-bond donors (Lipinski definition) is 0. The average molecular weight is 200 g/mol. The average Bonchev–Trinajstić information content (AvgIpc) is 2.46. The van der Waals surface area contributed by atoms with Gasteiger partial charge in [0.2, 0.25) is 5.75 Å². The van der Waals surface area contributed by atoms with Crippen LogP contribution in [0.15, 0.2) is 6.20 Å². The molecule has 1 aromatic rings. The van der Waals surface area contributed by atoms with E-state index in [0.29, 0.717) is 0 Å². The molecule has 0 aromatic carbocycles. The summed E-state index contributed by atoms with van der Waals surface area (Å²) in [4.78, 5) is 11.0. The van der Waals surface area contributed by atoms with Gasteiger partial charge in [-0.15, -0.1) is 5.10 Å². The predicted molar refractivity (Wildman–Crippen MR) is 47.4 cm³/mol. The zero-order chi connectivity index (χ0) is 10.6. The molecule has 1 aromatic heterocycles. The molecule has 0 aliphatic carbocycles. The van der Waals surface area contributed by atoms with Crippen LogP contribution < -0.4 is 9.47 Å². The zero-order valence-corrected chi connectivity index (χ0v) is 8.31. The molecule has 0 unspecified atom stereocenters. The number of carbonyl (C=O) groups excluding carboxylic acids is 1. The minimum absolute atomic E-state index is 0.244. The Bertz CT molecular complexity index is 321. The van der Waals surface area contributed by atoms with Crippen LogP contribution in [0.25, 0.3) is 0 Å². The molecule has 0 saturated carbocycles. The maximum Gasteiger partial charge on any atom is 0.514 e. The van der Waals surface area contributed by atoms with E-state index in [4.69, 9.17) is 9.47 Å². The largest absolute Gasteiger partial charge is 0.514 e. The summed E-state index contributed by atoms with van der Waals surface area (Å²) in [7, 11) is 3.14. The lowest BCUT2D eigenvalue weighted by Crippen LogP contribution is -2.10. The second kappa shape index (κ2) is 4.50. The molecule has 14 heavy (non-hydrogen) atoms. The molecule has 0 N–H and O–H groups in total. The fourth-order valence-corrected chi connectivity index (χ4v) is 0.895. The first kappa shape index (κ1) is 10.4. The van der Waals surface area contributed by atoms with E-state index in [1.807, 2.05) is 0 Å².